The van der Waals surface area contributed by atoms with Crippen molar-refractivity contribution in [3.63, 3.8) is 0 Å². The van der Waals surface area contributed by atoms with Crippen LogP contribution in [0.1, 0.15) is 21.8 Å². The topological polar surface area (TPSA) is 79.8 Å². The Labute approximate surface area is 126 Å². The first-order valence-corrected chi connectivity index (χ1v) is 7.24. The van der Waals surface area contributed by atoms with Crippen LogP contribution in [-0.2, 0) is 14.3 Å². The van der Waals surface area contributed by atoms with Gasteiger partial charge in [0.05, 0.1) is 18.7 Å². The summed E-state index contributed by atoms with van der Waals surface area (Å²) in [6.45, 7) is 1.98. The van der Waals surface area contributed by atoms with Gasteiger partial charge in [-0.15, -0.1) is 0 Å². The first kappa shape index (κ1) is 15.4. The molecule has 8 heteroatoms. The number of nitrogens with zero attached hydrogens (tertiary/aromatic N) is 3. The van der Waals surface area contributed by atoms with Crippen molar-refractivity contribution in [3.8, 4) is 0 Å². The molecule has 1 fully saturated rings. The molecule has 1 unspecified atom stereocenters. The van der Waals surface area contributed by atoms with Crippen molar-refractivity contribution in [3.05, 3.63) is 10.6 Å². The fourth-order valence-electron chi connectivity index (χ4n) is 2.12. The van der Waals surface area contributed by atoms with Gasteiger partial charge in [-0.05, 0) is 6.92 Å². The molecule has 1 aliphatic heterocycles. The highest BCUT2D eigenvalue weighted by atomic mass is 32.1. The van der Waals surface area contributed by atoms with Crippen LogP contribution >= 0.6 is 11.3 Å². The van der Waals surface area contributed by atoms with Crippen molar-refractivity contribution >= 4 is 34.3 Å². The quantitative estimate of drug-likeness (QED) is 0.767. The van der Waals surface area contributed by atoms with Gasteiger partial charge in [-0.1, -0.05) is 11.3 Å². The molecule has 0 N–H and O–H groups in total. The molecule has 2 heterocycles. The number of methoxy groups -OCH3 is 1. The van der Waals surface area contributed by atoms with Gasteiger partial charge in [-0.2, -0.15) is 0 Å². The summed E-state index contributed by atoms with van der Waals surface area (Å²) < 4.78 is 4.67. The Morgan fingerprint density at radius 1 is 1.43 bits per heavy atom. The molecule has 2 amide bonds. The van der Waals surface area contributed by atoms with Gasteiger partial charge in [-0.25, -0.2) is 4.98 Å². The third-order valence-corrected chi connectivity index (χ3v) is 4.44. The summed E-state index contributed by atoms with van der Waals surface area (Å²) in [4.78, 5) is 43.3. The van der Waals surface area contributed by atoms with E-state index in [0.29, 0.717) is 15.7 Å². The molecule has 7 nitrogen and oxygen atoms in total. The molecule has 1 aliphatic rings. The number of amides is 2. The van der Waals surface area contributed by atoms with Crippen molar-refractivity contribution < 1.29 is 19.1 Å². The second-order valence-corrected chi connectivity index (χ2v) is 6.02. The van der Waals surface area contributed by atoms with Crippen molar-refractivity contribution in [2.24, 2.45) is 5.92 Å². The summed E-state index contributed by atoms with van der Waals surface area (Å²) in [5.74, 6) is -1.20. The fourth-order valence-corrected chi connectivity index (χ4v) is 3.23. The van der Waals surface area contributed by atoms with Crippen LogP contribution in [0.4, 0.5) is 5.13 Å². The Morgan fingerprint density at radius 3 is 2.67 bits per heavy atom. The first-order valence-electron chi connectivity index (χ1n) is 6.42. The molecule has 0 aromatic carbocycles. The van der Waals surface area contributed by atoms with E-state index < -0.39 is 11.9 Å². The number of carbonyl (C=O) groups excluding carboxylic acids is 3. The van der Waals surface area contributed by atoms with Gasteiger partial charge in [0, 0.05) is 27.1 Å². The molecule has 21 heavy (non-hydrogen) atoms. The van der Waals surface area contributed by atoms with Gasteiger partial charge >= 0.3 is 5.97 Å². The molecule has 114 valence electrons. The van der Waals surface area contributed by atoms with E-state index in [9.17, 15) is 14.4 Å². The second kappa shape index (κ2) is 5.80. The molecule has 1 aromatic heterocycles. The van der Waals surface area contributed by atoms with E-state index >= 15 is 0 Å². The van der Waals surface area contributed by atoms with E-state index in [0.717, 1.165) is 0 Å². The van der Waals surface area contributed by atoms with Gasteiger partial charge < -0.3 is 9.64 Å². The number of thiazole rings is 1. The third-order valence-electron chi connectivity index (χ3n) is 3.28. The lowest BCUT2D eigenvalue weighted by atomic mass is 10.1. The van der Waals surface area contributed by atoms with E-state index in [4.69, 9.17) is 0 Å². The number of esters is 1. The second-order valence-electron chi connectivity index (χ2n) is 5.04. The predicted octanol–water partition coefficient (Wildman–Crippen LogP) is 0.679. The minimum atomic E-state index is -0.472. The number of anilines is 1. The molecule has 1 aromatic rings. The summed E-state index contributed by atoms with van der Waals surface area (Å²) in [5.41, 5.74) is 0.586. The van der Waals surface area contributed by atoms with E-state index in [1.54, 1.807) is 21.0 Å². The molecular weight excluding hydrogens is 294 g/mol. The zero-order chi connectivity index (χ0) is 15.7. The van der Waals surface area contributed by atoms with Gasteiger partial charge in [0.15, 0.2) is 5.13 Å². The molecule has 0 saturated carbocycles. The third kappa shape index (κ3) is 2.90. The number of hydrogen-bond acceptors (Lipinski definition) is 6. The van der Waals surface area contributed by atoms with Crippen LogP contribution in [0.25, 0.3) is 0 Å². The Balaban J connectivity index is 2.24. The van der Waals surface area contributed by atoms with E-state index in [1.165, 1.54) is 28.2 Å². The lowest BCUT2D eigenvalue weighted by molar-refractivity contribution is -0.145. The largest absolute Gasteiger partial charge is 0.469 e. The van der Waals surface area contributed by atoms with Crippen LogP contribution in [0.2, 0.25) is 0 Å². The average molecular weight is 311 g/mol. The lowest BCUT2D eigenvalue weighted by Gasteiger charge is -2.12. The van der Waals surface area contributed by atoms with Gasteiger partial charge in [0.25, 0.3) is 5.91 Å². The molecular formula is C13H17N3O4S. The number of rotatable bonds is 3. The maximum Gasteiger partial charge on any atom is 0.311 e. The van der Waals surface area contributed by atoms with Crippen molar-refractivity contribution in [1.82, 2.24) is 9.88 Å². The predicted molar refractivity (Wildman–Crippen MR) is 77.3 cm³/mol. The average Bonchev–Trinajstić information content (AvgIpc) is 3.00. The van der Waals surface area contributed by atoms with E-state index in [2.05, 4.69) is 9.72 Å². The molecule has 0 spiro atoms. The van der Waals surface area contributed by atoms with Crippen LogP contribution < -0.4 is 4.90 Å². The Hall–Kier alpha value is -1.96. The number of hydrogen-bond donors (Lipinski definition) is 0. The monoisotopic (exact) mass is 311 g/mol. The van der Waals surface area contributed by atoms with Crippen LogP contribution in [0.5, 0.6) is 0 Å². The SMILES string of the molecule is COC(=O)C1CC(=O)N(c2nc(C)c(C(=O)N(C)C)s2)C1. The fraction of sp³-hybridized carbons (Fsp3) is 0.538. The Bertz CT molecular complexity index is 596. The number of carbonyl (C=O) groups is 3. The highest BCUT2D eigenvalue weighted by molar-refractivity contribution is 7.17. The number of ether oxygens (including phenoxy) is 1. The maximum absolute atomic E-state index is 12.0. The summed E-state index contributed by atoms with van der Waals surface area (Å²) in [5, 5.41) is 0.453. The van der Waals surface area contributed by atoms with Crippen molar-refractivity contribution in [2.45, 2.75) is 13.3 Å². The normalized spacial score (nSPS) is 18.0. The lowest BCUT2D eigenvalue weighted by Crippen LogP contribution is -2.26. The van der Waals surface area contributed by atoms with Crippen molar-refractivity contribution in [2.75, 3.05) is 32.6 Å². The molecule has 2 rings (SSSR count). The van der Waals surface area contributed by atoms with Crippen LogP contribution in [0, 0.1) is 12.8 Å². The van der Waals surface area contributed by atoms with Crippen molar-refractivity contribution in [1.29, 1.82) is 0 Å². The number of aryl methyl sites for hydroxylation is 1. The highest BCUT2D eigenvalue weighted by Crippen LogP contribution is 2.31. The van der Waals surface area contributed by atoms with E-state index in [1.807, 2.05) is 0 Å². The Morgan fingerprint density at radius 2 is 2.10 bits per heavy atom. The van der Waals surface area contributed by atoms with Gasteiger partial charge in [0.2, 0.25) is 5.91 Å². The summed E-state index contributed by atoms with van der Waals surface area (Å²) >= 11 is 1.17. The number of aromatic nitrogens is 1. The summed E-state index contributed by atoms with van der Waals surface area (Å²) in [6, 6.07) is 0. The molecule has 0 radical (unpaired) electrons. The minimum absolute atomic E-state index is 0.113. The maximum atomic E-state index is 12.0. The van der Waals surface area contributed by atoms with E-state index in [-0.39, 0.29) is 24.8 Å². The first-order chi connectivity index (χ1) is 9.85. The van der Waals surface area contributed by atoms with Crippen LogP contribution in [-0.4, -0.2) is 55.4 Å². The van der Waals surface area contributed by atoms with Gasteiger partial charge in [0.1, 0.15) is 4.88 Å². The molecule has 0 aliphatic carbocycles. The van der Waals surface area contributed by atoms with Gasteiger partial charge in [-0.3, -0.25) is 19.3 Å². The zero-order valence-corrected chi connectivity index (χ0v) is 13.2. The highest BCUT2D eigenvalue weighted by Gasteiger charge is 2.37. The zero-order valence-electron chi connectivity index (χ0n) is 12.4. The van der Waals surface area contributed by atoms with Crippen LogP contribution in [0.3, 0.4) is 0 Å². The summed E-state index contributed by atoms with van der Waals surface area (Å²) in [6.07, 6.45) is 0.113. The minimum Gasteiger partial charge on any atom is -0.469 e. The summed E-state index contributed by atoms with van der Waals surface area (Å²) in [7, 11) is 4.63. The molecule has 1 saturated heterocycles. The smallest absolute Gasteiger partial charge is 0.311 e. The Kier molecular flexibility index (Phi) is 4.26. The standard InChI is InChI=1S/C13H17N3O4S/c1-7-10(11(18)15(2)3)21-13(14-7)16-6-8(5-9(16)17)12(19)20-4/h8H,5-6H2,1-4H3. The molecule has 0 bridgehead atoms. The molecule has 1 atom stereocenters. The van der Waals surface area contributed by atoms with Crippen LogP contribution in [0.15, 0.2) is 0 Å².